The number of rotatable bonds is 3. The van der Waals surface area contributed by atoms with E-state index in [4.69, 9.17) is 11.6 Å². The highest BCUT2D eigenvalue weighted by molar-refractivity contribution is 6.17. The first-order valence-corrected chi connectivity index (χ1v) is 7.48. The Morgan fingerprint density at radius 2 is 2.06 bits per heavy atom. The zero-order valence-electron chi connectivity index (χ0n) is 11.6. The molecule has 0 N–H and O–H groups in total. The lowest BCUT2D eigenvalue weighted by molar-refractivity contribution is -0.163. The standard InChI is InChI=1S/C15H25ClO/c1-10(6-8-16)12-9-11-5-7-15(12,4)13(17)14(11,2)3/h10-12H,5-9H2,1-4H3. The van der Waals surface area contributed by atoms with Crippen LogP contribution in [0, 0.1) is 28.6 Å². The van der Waals surface area contributed by atoms with Gasteiger partial charge in [-0.3, -0.25) is 4.79 Å². The van der Waals surface area contributed by atoms with Crippen LogP contribution in [0.15, 0.2) is 0 Å². The minimum absolute atomic E-state index is 0.0796. The van der Waals surface area contributed by atoms with Gasteiger partial charge < -0.3 is 0 Å². The van der Waals surface area contributed by atoms with E-state index in [1.165, 1.54) is 12.8 Å². The lowest BCUT2D eigenvalue weighted by Crippen LogP contribution is -2.58. The van der Waals surface area contributed by atoms with Crippen molar-refractivity contribution in [2.24, 2.45) is 28.6 Å². The third-order valence-corrected chi connectivity index (χ3v) is 5.96. The highest BCUT2D eigenvalue weighted by Gasteiger charge is 2.59. The molecule has 3 fully saturated rings. The molecule has 0 heterocycles. The molecule has 0 radical (unpaired) electrons. The van der Waals surface area contributed by atoms with Crippen LogP contribution >= 0.6 is 11.6 Å². The van der Waals surface area contributed by atoms with Gasteiger partial charge in [-0.15, -0.1) is 11.6 Å². The number of carbonyl (C=O) groups excluding carboxylic acids is 1. The van der Waals surface area contributed by atoms with Crippen LogP contribution in [-0.2, 0) is 4.79 Å². The van der Waals surface area contributed by atoms with Gasteiger partial charge in [-0.25, -0.2) is 0 Å². The predicted octanol–water partition coefficient (Wildman–Crippen LogP) is 4.28. The summed E-state index contributed by atoms with van der Waals surface area (Å²) >= 11 is 5.87. The van der Waals surface area contributed by atoms with Crippen molar-refractivity contribution < 1.29 is 4.79 Å². The fourth-order valence-electron chi connectivity index (χ4n) is 4.44. The third kappa shape index (κ3) is 1.85. The van der Waals surface area contributed by atoms with Gasteiger partial charge in [-0.2, -0.15) is 0 Å². The Morgan fingerprint density at radius 1 is 1.41 bits per heavy atom. The zero-order valence-corrected chi connectivity index (χ0v) is 12.3. The summed E-state index contributed by atoms with van der Waals surface area (Å²) in [7, 11) is 0. The SMILES string of the molecule is CC(CCCl)C1CC2CCC1(C)C(=O)C2(C)C. The van der Waals surface area contributed by atoms with Gasteiger partial charge in [0.25, 0.3) is 0 Å². The molecule has 0 saturated heterocycles. The Balaban J connectivity index is 2.27. The van der Waals surface area contributed by atoms with Crippen molar-refractivity contribution in [1.29, 1.82) is 0 Å². The molecule has 4 atom stereocenters. The molecule has 1 nitrogen and oxygen atoms in total. The molecular formula is C15H25ClO. The molecule has 0 aliphatic heterocycles. The molecule has 2 bridgehead atoms. The molecule has 2 heteroatoms. The van der Waals surface area contributed by atoms with E-state index < -0.39 is 0 Å². The van der Waals surface area contributed by atoms with Crippen LogP contribution in [0.4, 0.5) is 0 Å². The average molecular weight is 257 g/mol. The van der Waals surface area contributed by atoms with E-state index in [1.54, 1.807) is 0 Å². The highest BCUT2D eigenvalue weighted by Crippen LogP contribution is 2.60. The van der Waals surface area contributed by atoms with Crippen molar-refractivity contribution in [1.82, 2.24) is 0 Å². The van der Waals surface area contributed by atoms with Crippen LogP contribution in [0.2, 0.25) is 0 Å². The second-order valence-corrected chi connectivity index (χ2v) is 7.38. The predicted molar refractivity (Wildman–Crippen MR) is 72.2 cm³/mol. The van der Waals surface area contributed by atoms with Crippen molar-refractivity contribution in [3.63, 3.8) is 0 Å². The molecular weight excluding hydrogens is 232 g/mol. The summed E-state index contributed by atoms with van der Waals surface area (Å²) in [5.41, 5.74) is -0.173. The van der Waals surface area contributed by atoms with Crippen LogP contribution in [0.5, 0.6) is 0 Å². The van der Waals surface area contributed by atoms with Crippen LogP contribution in [-0.4, -0.2) is 11.7 Å². The van der Waals surface area contributed by atoms with E-state index in [0.29, 0.717) is 23.5 Å². The summed E-state index contributed by atoms with van der Waals surface area (Å²) in [5.74, 6) is 2.97. The van der Waals surface area contributed by atoms with Gasteiger partial charge >= 0.3 is 0 Å². The third-order valence-electron chi connectivity index (χ3n) is 5.74. The first kappa shape index (κ1) is 13.4. The maximum absolute atomic E-state index is 12.7. The fraction of sp³-hybridized carbons (Fsp3) is 0.933. The van der Waals surface area contributed by atoms with Crippen molar-refractivity contribution in [2.45, 2.75) is 53.4 Å². The Labute approximate surface area is 110 Å². The Kier molecular flexibility index (Phi) is 3.36. The number of alkyl halides is 1. The molecule has 0 aromatic carbocycles. The van der Waals surface area contributed by atoms with Crippen LogP contribution in [0.3, 0.4) is 0 Å². The smallest absolute Gasteiger partial charge is 0.144 e. The normalized spacial score (nSPS) is 41.6. The Hall–Kier alpha value is -0.0400. The van der Waals surface area contributed by atoms with Gasteiger partial charge in [-0.05, 0) is 43.4 Å². The minimum atomic E-state index is -0.0931. The van der Waals surface area contributed by atoms with E-state index in [0.717, 1.165) is 18.7 Å². The minimum Gasteiger partial charge on any atom is -0.298 e. The maximum Gasteiger partial charge on any atom is 0.144 e. The van der Waals surface area contributed by atoms with Crippen LogP contribution < -0.4 is 0 Å². The molecule has 0 amide bonds. The molecule has 17 heavy (non-hydrogen) atoms. The number of carbonyl (C=O) groups is 1. The molecule has 0 aromatic rings. The van der Waals surface area contributed by atoms with Crippen LogP contribution in [0.1, 0.15) is 53.4 Å². The molecule has 3 rings (SSSR count). The van der Waals surface area contributed by atoms with Crippen LogP contribution in [0.25, 0.3) is 0 Å². The van der Waals surface area contributed by atoms with Gasteiger partial charge in [0.1, 0.15) is 5.78 Å². The lowest BCUT2D eigenvalue weighted by atomic mass is 9.45. The maximum atomic E-state index is 12.7. The molecule has 4 unspecified atom stereocenters. The molecule has 3 saturated carbocycles. The first-order chi connectivity index (χ1) is 7.84. The van der Waals surface area contributed by atoms with Crippen molar-refractivity contribution in [2.75, 3.05) is 5.88 Å². The first-order valence-electron chi connectivity index (χ1n) is 6.95. The molecule has 0 spiro atoms. The monoisotopic (exact) mass is 256 g/mol. The zero-order chi connectivity index (χ0) is 12.8. The van der Waals surface area contributed by atoms with Gasteiger partial charge in [-0.1, -0.05) is 27.7 Å². The van der Waals surface area contributed by atoms with Gasteiger partial charge in [0.15, 0.2) is 0 Å². The molecule has 3 aliphatic rings. The number of halogens is 1. The highest BCUT2D eigenvalue weighted by atomic mass is 35.5. The van der Waals surface area contributed by atoms with Gasteiger partial charge in [0, 0.05) is 16.7 Å². The van der Waals surface area contributed by atoms with E-state index in [-0.39, 0.29) is 10.8 Å². The van der Waals surface area contributed by atoms with Gasteiger partial charge in [0.2, 0.25) is 0 Å². The van der Waals surface area contributed by atoms with E-state index in [1.807, 2.05) is 0 Å². The summed E-state index contributed by atoms with van der Waals surface area (Å²) in [6.07, 6.45) is 4.60. The summed E-state index contributed by atoms with van der Waals surface area (Å²) in [5, 5.41) is 0. The van der Waals surface area contributed by atoms with Crippen molar-refractivity contribution in [3.05, 3.63) is 0 Å². The molecule has 0 aromatic heterocycles. The number of Topliss-reactive ketones (excluding diaryl/α,β-unsaturated/α-hetero) is 1. The largest absolute Gasteiger partial charge is 0.298 e. The van der Waals surface area contributed by atoms with E-state index in [2.05, 4.69) is 27.7 Å². The quantitative estimate of drug-likeness (QED) is 0.689. The number of hydrogen-bond acceptors (Lipinski definition) is 1. The summed E-state index contributed by atoms with van der Waals surface area (Å²) < 4.78 is 0. The average Bonchev–Trinajstić information content (AvgIpc) is 2.26. The Morgan fingerprint density at radius 3 is 2.65 bits per heavy atom. The van der Waals surface area contributed by atoms with Gasteiger partial charge in [0.05, 0.1) is 0 Å². The second-order valence-electron chi connectivity index (χ2n) is 7.00. The topological polar surface area (TPSA) is 17.1 Å². The summed E-state index contributed by atoms with van der Waals surface area (Å²) in [6, 6.07) is 0. The van der Waals surface area contributed by atoms with E-state index >= 15 is 0 Å². The fourth-order valence-corrected chi connectivity index (χ4v) is 4.78. The number of ketones is 1. The summed E-state index contributed by atoms with van der Waals surface area (Å²) in [6.45, 7) is 8.79. The van der Waals surface area contributed by atoms with Crippen molar-refractivity contribution in [3.8, 4) is 0 Å². The molecule has 3 aliphatic carbocycles. The number of fused-ring (bicyclic) bond motifs is 3. The number of hydrogen-bond donors (Lipinski definition) is 0. The lowest BCUT2D eigenvalue weighted by Gasteiger charge is -2.58. The van der Waals surface area contributed by atoms with Crippen molar-refractivity contribution >= 4 is 17.4 Å². The molecule has 98 valence electrons. The Bertz CT molecular complexity index is 323. The summed E-state index contributed by atoms with van der Waals surface area (Å²) in [4.78, 5) is 12.7. The van der Waals surface area contributed by atoms with E-state index in [9.17, 15) is 4.79 Å². The second kappa shape index (κ2) is 4.26.